The predicted octanol–water partition coefficient (Wildman–Crippen LogP) is 4.20. The Hall–Kier alpha value is -2.25. The van der Waals surface area contributed by atoms with E-state index in [1.165, 1.54) is 30.3 Å². The molecule has 0 aliphatic carbocycles. The molecule has 0 aliphatic heterocycles. The molecule has 0 spiro atoms. The van der Waals surface area contributed by atoms with Crippen molar-refractivity contribution in [1.82, 2.24) is 0 Å². The molecule has 8 heteroatoms. The highest BCUT2D eigenvalue weighted by Gasteiger charge is 2.10. The summed E-state index contributed by atoms with van der Waals surface area (Å²) < 4.78 is 13.5. The number of hydrogen-bond donors (Lipinski definition) is 2. The van der Waals surface area contributed by atoms with E-state index in [2.05, 4.69) is 10.6 Å². The molecule has 0 saturated heterocycles. The highest BCUT2D eigenvalue weighted by molar-refractivity contribution is 7.80. The largest absolute Gasteiger partial charge is 0.331 e. The Bertz CT molecular complexity index is 712. The Morgan fingerprint density at radius 1 is 1.19 bits per heavy atom. The summed E-state index contributed by atoms with van der Waals surface area (Å²) in [7, 11) is 0. The number of nitrogens with one attached hydrogen (secondary N) is 2. The van der Waals surface area contributed by atoms with Crippen LogP contribution in [-0.2, 0) is 0 Å². The lowest BCUT2D eigenvalue weighted by Gasteiger charge is -2.12. The van der Waals surface area contributed by atoms with Gasteiger partial charge in [-0.15, -0.1) is 0 Å². The van der Waals surface area contributed by atoms with Crippen LogP contribution in [0.5, 0.6) is 0 Å². The first-order valence-corrected chi connectivity index (χ1v) is 6.52. The number of hydrogen-bond acceptors (Lipinski definition) is 3. The van der Waals surface area contributed by atoms with Gasteiger partial charge in [0.25, 0.3) is 5.69 Å². The van der Waals surface area contributed by atoms with Gasteiger partial charge in [-0.1, -0.05) is 23.7 Å². The predicted molar refractivity (Wildman–Crippen MR) is 84.3 cm³/mol. The summed E-state index contributed by atoms with van der Waals surface area (Å²) in [5.41, 5.74) is 0.475. The molecule has 2 N–H and O–H groups in total. The quantitative estimate of drug-likeness (QED) is 0.503. The van der Waals surface area contributed by atoms with E-state index in [1.807, 2.05) is 0 Å². The maximum absolute atomic E-state index is 13.5. The zero-order valence-electron chi connectivity index (χ0n) is 10.5. The molecule has 0 aromatic heterocycles. The van der Waals surface area contributed by atoms with Crippen molar-refractivity contribution in [2.75, 3.05) is 10.6 Å². The first-order chi connectivity index (χ1) is 9.97. The number of nitro benzene ring substituents is 1. The average Bonchev–Trinajstić information content (AvgIpc) is 2.43. The molecule has 2 rings (SSSR count). The maximum atomic E-state index is 13.5. The van der Waals surface area contributed by atoms with Crippen molar-refractivity contribution in [2.45, 2.75) is 0 Å². The Labute approximate surface area is 129 Å². The first kappa shape index (κ1) is 15.1. The Kier molecular flexibility index (Phi) is 4.66. The molecular weight excluding hydrogens is 317 g/mol. The van der Waals surface area contributed by atoms with Crippen molar-refractivity contribution in [2.24, 2.45) is 0 Å². The number of rotatable bonds is 3. The van der Waals surface area contributed by atoms with Crippen LogP contribution >= 0.6 is 23.8 Å². The second kappa shape index (κ2) is 6.47. The number of non-ortho nitro benzene ring substituents is 1. The number of benzene rings is 2. The Balaban J connectivity index is 2.10. The van der Waals surface area contributed by atoms with E-state index in [4.69, 9.17) is 23.8 Å². The second-order valence-electron chi connectivity index (χ2n) is 3.98. The molecule has 0 fully saturated rings. The van der Waals surface area contributed by atoms with E-state index in [1.54, 1.807) is 12.1 Å². The lowest BCUT2D eigenvalue weighted by atomic mass is 10.3. The van der Waals surface area contributed by atoms with Gasteiger partial charge >= 0.3 is 0 Å². The molecule has 0 atom stereocenters. The molecule has 5 nitrogen and oxygen atoms in total. The maximum Gasteiger partial charge on any atom is 0.271 e. The van der Waals surface area contributed by atoms with Crippen LogP contribution in [0.4, 0.5) is 21.5 Å². The molecule has 21 heavy (non-hydrogen) atoms. The van der Waals surface area contributed by atoms with Crippen LogP contribution in [0, 0.1) is 15.9 Å². The van der Waals surface area contributed by atoms with E-state index in [0.717, 1.165) is 0 Å². The van der Waals surface area contributed by atoms with Crippen molar-refractivity contribution < 1.29 is 9.31 Å². The highest BCUT2D eigenvalue weighted by atomic mass is 35.5. The van der Waals surface area contributed by atoms with Gasteiger partial charge in [0.1, 0.15) is 5.82 Å². The minimum absolute atomic E-state index is 0.121. The summed E-state index contributed by atoms with van der Waals surface area (Å²) in [6.45, 7) is 0. The van der Waals surface area contributed by atoms with Crippen LogP contribution in [0.25, 0.3) is 0 Å². The van der Waals surface area contributed by atoms with Gasteiger partial charge < -0.3 is 10.6 Å². The highest BCUT2D eigenvalue weighted by Crippen LogP contribution is 2.26. The minimum Gasteiger partial charge on any atom is -0.331 e. The van der Waals surface area contributed by atoms with Crippen LogP contribution < -0.4 is 10.6 Å². The summed E-state index contributed by atoms with van der Waals surface area (Å²) in [6, 6.07) is 9.97. The normalized spacial score (nSPS) is 10.0. The van der Waals surface area contributed by atoms with Crippen LogP contribution in [0.1, 0.15) is 0 Å². The third-order valence-electron chi connectivity index (χ3n) is 2.53. The van der Waals surface area contributed by atoms with Gasteiger partial charge in [0, 0.05) is 12.1 Å². The van der Waals surface area contributed by atoms with E-state index in [9.17, 15) is 14.5 Å². The lowest BCUT2D eigenvalue weighted by Crippen LogP contribution is -2.20. The number of anilines is 2. The third kappa shape index (κ3) is 3.87. The van der Waals surface area contributed by atoms with Gasteiger partial charge in [0.15, 0.2) is 5.11 Å². The van der Waals surface area contributed by atoms with Gasteiger partial charge in [-0.2, -0.15) is 0 Å². The number of nitro groups is 1. The summed E-state index contributed by atoms with van der Waals surface area (Å²) in [4.78, 5) is 10.1. The van der Waals surface area contributed by atoms with E-state index in [0.29, 0.717) is 5.69 Å². The topological polar surface area (TPSA) is 67.2 Å². The summed E-state index contributed by atoms with van der Waals surface area (Å²) in [6.07, 6.45) is 0. The molecule has 0 bridgehead atoms. The van der Waals surface area contributed by atoms with Crippen LogP contribution in [0.2, 0.25) is 5.02 Å². The molecule has 0 unspecified atom stereocenters. The lowest BCUT2D eigenvalue weighted by molar-refractivity contribution is -0.384. The van der Waals surface area contributed by atoms with Gasteiger partial charge in [0.05, 0.1) is 21.3 Å². The van der Waals surface area contributed by atoms with Crippen molar-refractivity contribution in [1.29, 1.82) is 0 Å². The van der Waals surface area contributed by atoms with Gasteiger partial charge in [0.2, 0.25) is 0 Å². The third-order valence-corrected chi connectivity index (χ3v) is 3.05. The summed E-state index contributed by atoms with van der Waals surface area (Å²) in [5, 5.41) is 16.3. The van der Waals surface area contributed by atoms with E-state index in [-0.39, 0.29) is 21.5 Å². The summed E-state index contributed by atoms with van der Waals surface area (Å²) in [5.74, 6) is -0.448. The SMILES string of the molecule is O=[N+]([O-])c1ccc(NC(=S)Nc2ccccc2F)c(Cl)c1. The van der Waals surface area contributed by atoms with Crippen molar-refractivity contribution in [3.05, 3.63) is 63.4 Å². The van der Waals surface area contributed by atoms with Gasteiger partial charge in [-0.05, 0) is 30.4 Å². The molecule has 2 aromatic rings. The smallest absolute Gasteiger partial charge is 0.271 e. The number of halogens is 2. The van der Waals surface area contributed by atoms with Crippen LogP contribution in [0.3, 0.4) is 0 Å². The van der Waals surface area contributed by atoms with Crippen LogP contribution in [-0.4, -0.2) is 10.0 Å². The van der Waals surface area contributed by atoms with Crippen molar-refractivity contribution in [3.63, 3.8) is 0 Å². The molecule has 0 aliphatic rings. The minimum atomic E-state index is -0.550. The standard InChI is InChI=1S/C13H9ClFN3O2S/c14-9-7-8(18(19)20)5-6-11(9)16-13(21)17-12-4-2-1-3-10(12)15/h1-7H,(H2,16,17,21). The molecule has 0 amide bonds. The average molecular weight is 326 g/mol. The molecule has 0 saturated carbocycles. The molecule has 0 radical (unpaired) electrons. The number of nitrogens with zero attached hydrogens (tertiary/aromatic N) is 1. The first-order valence-electron chi connectivity index (χ1n) is 5.74. The zero-order chi connectivity index (χ0) is 15.4. The Morgan fingerprint density at radius 3 is 2.48 bits per heavy atom. The zero-order valence-corrected chi connectivity index (χ0v) is 12.0. The van der Waals surface area contributed by atoms with Crippen molar-refractivity contribution in [3.8, 4) is 0 Å². The number of para-hydroxylation sites is 1. The fraction of sp³-hybridized carbons (Fsp3) is 0. The van der Waals surface area contributed by atoms with Gasteiger partial charge in [-0.3, -0.25) is 10.1 Å². The molecule has 0 heterocycles. The molecule has 108 valence electrons. The van der Waals surface area contributed by atoms with Crippen molar-refractivity contribution >= 4 is 46.0 Å². The summed E-state index contributed by atoms with van der Waals surface area (Å²) >= 11 is 11.0. The van der Waals surface area contributed by atoms with E-state index >= 15 is 0 Å². The fourth-order valence-corrected chi connectivity index (χ4v) is 2.00. The van der Waals surface area contributed by atoms with E-state index < -0.39 is 10.7 Å². The van der Waals surface area contributed by atoms with Gasteiger partial charge in [-0.25, -0.2) is 4.39 Å². The number of thiocarbonyl (C=S) groups is 1. The molecule has 2 aromatic carbocycles. The monoisotopic (exact) mass is 325 g/mol. The Morgan fingerprint density at radius 2 is 1.86 bits per heavy atom. The second-order valence-corrected chi connectivity index (χ2v) is 4.80. The molecular formula is C13H9ClFN3O2S. The van der Waals surface area contributed by atoms with Crippen LogP contribution in [0.15, 0.2) is 42.5 Å². The fourth-order valence-electron chi connectivity index (χ4n) is 1.56.